The first-order chi connectivity index (χ1) is 6.63. The molecule has 0 spiro atoms. The van der Waals surface area contributed by atoms with Crippen molar-refractivity contribution in [1.82, 2.24) is 5.32 Å². The maximum atomic E-state index is 10.4. The minimum Gasteiger partial charge on any atom is -0.497 e. The van der Waals surface area contributed by atoms with E-state index in [1.807, 2.05) is 18.2 Å². The number of methoxy groups -OCH3 is 1. The fourth-order valence-corrected chi connectivity index (χ4v) is 1.18. The Labute approximate surface area is 82.5 Å². The van der Waals surface area contributed by atoms with Crippen LogP contribution in [0.2, 0.25) is 0 Å². The smallest absolute Gasteiger partial charge is 0.405 e. The summed E-state index contributed by atoms with van der Waals surface area (Å²) in [6.45, 7) is 1.78. The lowest BCUT2D eigenvalue weighted by Crippen LogP contribution is -2.24. The van der Waals surface area contributed by atoms with Gasteiger partial charge in [-0.15, -0.1) is 0 Å². The van der Waals surface area contributed by atoms with E-state index in [0.717, 1.165) is 11.3 Å². The number of benzene rings is 1. The predicted molar refractivity (Wildman–Crippen MR) is 52.6 cm³/mol. The number of carboxylic acid groups (broad SMARTS) is 1. The van der Waals surface area contributed by atoms with Crippen LogP contribution in [0.25, 0.3) is 0 Å². The van der Waals surface area contributed by atoms with E-state index in [4.69, 9.17) is 9.84 Å². The molecule has 4 heteroatoms. The zero-order valence-corrected chi connectivity index (χ0v) is 8.15. The Kier molecular flexibility index (Phi) is 3.34. The second-order valence-corrected chi connectivity index (χ2v) is 2.95. The van der Waals surface area contributed by atoms with Gasteiger partial charge in [0.1, 0.15) is 5.75 Å². The van der Waals surface area contributed by atoms with Gasteiger partial charge in [-0.2, -0.15) is 0 Å². The molecule has 0 saturated carbocycles. The summed E-state index contributed by atoms with van der Waals surface area (Å²) < 4.78 is 5.03. The van der Waals surface area contributed by atoms with Crippen molar-refractivity contribution >= 4 is 6.09 Å². The van der Waals surface area contributed by atoms with E-state index in [1.165, 1.54) is 0 Å². The SMILES string of the molecule is COc1cccc([C@H](C)NC(=O)O)c1. The zero-order chi connectivity index (χ0) is 10.6. The summed E-state index contributed by atoms with van der Waals surface area (Å²) >= 11 is 0. The van der Waals surface area contributed by atoms with E-state index >= 15 is 0 Å². The van der Waals surface area contributed by atoms with Gasteiger partial charge in [0.2, 0.25) is 0 Å². The summed E-state index contributed by atoms with van der Waals surface area (Å²) in [6, 6.07) is 7.07. The van der Waals surface area contributed by atoms with Gasteiger partial charge in [-0.25, -0.2) is 4.79 Å². The number of hydrogen-bond donors (Lipinski definition) is 2. The van der Waals surface area contributed by atoms with Crippen LogP contribution < -0.4 is 10.1 Å². The average molecular weight is 195 g/mol. The molecule has 0 heterocycles. The van der Waals surface area contributed by atoms with Gasteiger partial charge in [-0.3, -0.25) is 0 Å². The summed E-state index contributed by atoms with van der Waals surface area (Å²) in [6.07, 6.45) is -1.03. The van der Waals surface area contributed by atoms with Crippen molar-refractivity contribution in [3.63, 3.8) is 0 Å². The zero-order valence-electron chi connectivity index (χ0n) is 8.15. The van der Waals surface area contributed by atoms with Crippen molar-refractivity contribution in [2.45, 2.75) is 13.0 Å². The first kappa shape index (κ1) is 10.4. The Balaban J connectivity index is 2.78. The van der Waals surface area contributed by atoms with Crippen LogP contribution in [0.4, 0.5) is 4.79 Å². The molecule has 1 aromatic rings. The largest absolute Gasteiger partial charge is 0.497 e. The Morgan fingerprint density at radius 3 is 2.86 bits per heavy atom. The quantitative estimate of drug-likeness (QED) is 0.775. The van der Waals surface area contributed by atoms with E-state index in [2.05, 4.69) is 5.32 Å². The fourth-order valence-electron chi connectivity index (χ4n) is 1.18. The second kappa shape index (κ2) is 4.50. The van der Waals surface area contributed by atoms with Crippen molar-refractivity contribution < 1.29 is 14.6 Å². The molecule has 1 atom stereocenters. The van der Waals surface area contributed by atoms with Crippen LogP contribution in [0.3, 0.4) is 0 Å². The van der Waals surface area contributed by atoms with E-state index in [1.54, 1.807) is 20.1 Å². The highest BCUT2D eigenvalue weighted by Gasteiger charge is 2.08. The summed E-state index contributed by atoms with van der Waals surface area (Å²) in [7, 11) is 1.58. The summed E-state index contributed by atoms with van der Waals surface area (Å²) in [4.78, 5) is 10.4. The molecule has 2 N–H and O–H groups in total. The monoisotopic (exact) mass is 195 g/mol. The molecule has 0 bridgehead atoms. The third-order valence-electron chi connectivity index (χ3n) is 1.93. The summed E-state index contributed by atoms with van der Waals surface area (Å²) in [5, 5.41) is 10.9. The molecule has 4 nitrogen and oxygen atoms in total. The van der Waals surface area contributed by atoms with E-state index in [9.17, 15) is 4.79 Å². The number of carbonyl (C=O) groups is 1. The molecule has 0 aliphatic heterocycles. The Morgan fingerprint density at radius 1 is 1.57 bits per heavy atom. The molecule has 1 amide bonds. The van der Waals surface area contributed by atoms with Crippen LogP contribution >= 0.6 is 0 Å². The third kappa shape index (κ3) is 2.65. The van der Waals surface area contributed by atoms with Crippen molar-refractivity contribution in [3.8, 4) is 5.75 Å². The molecule has 0 fully saturated rings. The van der Waals surface area contributed by atoms with Gasteiger partial charge < -0.3 is 15.2 Å². The Bertz CT molecular complexity index is 325. The first-order valence-corrected chi connectivity index (χ1v) is 4.27. The Morgan fingerprint density at radius 2 is 2.29 bits per heavy atom. The van der Waals surface area contributed by atoms with Gasteiger partial charge >= 0.3 is 6.09 Å². The lowest BCUT2D eigenvalue weighted by molar-refractivity contribution is 0.191. The molecular formula is C10H13NO3. The van der Waals surface area contributed by atoms with Crippen molar-refractivity contribution in [1.29, 1.82) is 0 Å². The van der Waals surface area contributed by atoms with Gasteiger partial charge in [0, 0.05) is 0 Å². The van der Waals surface area contributed by atoms with Crippen LogP contribution in [0.5, 0.6) is 5.75 Å². The third-order valence-corrected chi connectivity index (χ3v) is 1.93. The minimum absolute atomic E-state index is 0.234. The van der Waals surface area contributed by atoms with Gasteiger partial charge in [0.05, 0.1) is 13.2 Å². The minimum atomic E-state index is -1.03. The first-order valence-electron chi connectivity index (χ1n) is 4.27. The topological polar surface area (TPSA) is 58.6 Å². The summed E-state index contributed by atoms with van der Waals surface area (Å²) in [5.41, 5.74) is 0.881. The van der Waals surface area contributed by atoms with Crippen molar-refractivity contribution in [3.05, 3.63) is 29.8 Å². The maximum Gasteiger partial charge on any atom is 0.405 e. The number of hydrogen-bond acceptors (Lipinski definition) is 2. The van der Waals surface area contributed by atoms with Crippen LogP contribution in [-0.4, -0.2) is 18.3 Å². The Hall–Kier alpha value is -1.71. The van der Waals surface area contributed by atoms with Crippen molar-refractivity contribution in [2.75, 3.05) is 7.11 Å². The molecular weight excluding hydrogens is 182 g/mol. The van der Waals surface area contributed by atoms with Crippen LogP contribution in [-0.2, 0) is 0 Å². The van der Waals surface area contributed by atoms with Crippen LogP contribution in [0.15, 0.2) is 24.3 Å². The van der Waals surface area contributed by atoms with E-state index in [-0.39, 0.29) is 6.04 Å². The maximum absolute atomic E-state index is 10.4. The van der Waals surface area contributed by atoms with Crippen LogP contribution in [0, 0.1) is 0 Å². The highest BCUT2D eigenvalue weighted by atomic mass is 16.5. The fraction of sp³-hybridized carbons (Fsp3) is 0.300. The molecule has 0 aliphatic carbocycles. The molecule has 0 saturated heterocycles. The van der Waals surface area contributed by atoms with Gasteiger partial charge in [0.25, 0.3) is 0 Å². The number of ether oxygens (including phenoxy) is 1. The number of nitrogens with one attached hydrogen (secondary N) is 1. The van der Waals surface area contributed by atoms with E-state index in [0.29, 0.717) is 0 Å². The second-order valence-electron chi connectivity index (χ2n) is 2.95. The van der Waals surface area contributed by atoms with E-state index < -0.39 is 6.09 Å². The standard InChI is InChI=1S/C10H13NO3/c1-7(11-10(12)13)8-4-3-5-9(6-8)14-2/h3-7,11H,1-2H3,(H,12,13)/t7-/m0/s1. The van der Waals surface area contributed by atoms with Crippen molar-refractivity contribution in [2.24, 2.45) is 0 Å². The molecule has 1 aromatic carbocycles. The molecule has 14 heavy (non-hydrogen) atoms. The molecule has 0 aromatic heterocycles. The lowest BCUT2D eigenvalue weighted by atomic mass is 10.1. The van der Waals surface area contributed by atoms with Crippen LogP contribution in [0.1, 0.15) is 18.5 Å². The summed E-state index contributed by atoms with van der Waals surface area (Å²) in [5.74, 6) is 0.724. The highest BCUT2D eigenvalue weighted by Crippen LogP contribution is 2.18. The van der Waals surface area contributed by atoms with Gasteiger partial charge in [0.15, 0.2) is 0 Å². The average Bonchev–Trinajstić information content (AvgIpc) is 2.17. The molecule has 1 rings (SSSR count). The molecule has 76 valence electrons. The molecule has 0 unspecified atom stereocenters. The predicted octanol–water partition coefficient (Wildman–Crippen LogP) is 2.02. The number of rotatable bonds is 3. The van der Waals surface area contributed by atoms with Gasteiger partial charge in [-0.05, 0) is 24.6 Å². The highest BCUT2D eigenvalue weighted by molar-refractivity contribution is 5.65. The number of amides is 1. The lowest BCUT2D eigenvalue weighted by Gasteiger charge is -2.12. The molecule has 0 aliphatic rings. The van der Waals surface area contributed by atoms with Gasteiger partial charge in [-0.1, -0.05) is 12.1 Å². The molecule has 0 radical (unpaired) electrons. The normalized spacial score (nSPS) is 11.9.